The molecule has 0 unspecified atom stereocenters. The van der Waals surface area contributed by atoms with Crippen LogP contribution in [0.25, 0.3) is 0 Å². The van der Waals surface area contributed by atoms with Gasteiger partial charge in [-0.25, -0.2) is 0 Å². The van der Waals surface area contributed by atoms with Gasteiger partial charge in [0, 0.05) is 13.7 Å². The minimum Gasteiger partial charge on any atom is -0.322 e. The highest BCUT2D eigenvalue weighted by Gasteiger charge is 2.11. The summed E-state index contributed by atoms with van der Waals surface area (Å²) in [7, 11) is 0. The van der Waals surface area contributed by atoms with Crippen molar-refractivity contribution in [3.05, 3.63) is 61.1 Å². The van der Waals surface area contributed by atoms with Gasteiger partial charge in [-0.15, -0.1) is 0 Å². The highest BCUT2D eigenvalue weighted by molar-refractivity contribution is 14.1. The van der Waals surface area contributed by atoms with Gasteiger partial charge in [-0.2, -0.15) is 0 Å². The van der Waals surface area contributed by atoms with Crippen molar-refractivity contribution in [2.24, 2.45) is 0 Å². The van der Waals surface area contributed by atoms with Crippen LogP contribution in [0.5, 0.6) is 0 Å². The van der Waals surface area contributed by atoms with Gasteiger partial charge < -0.3 is 5.32 Å². The molecular weight excluding hydrogens is 428 g/mol. The number of nitrogens with one attached hydrogen (secondary N) is 1. The first-order valence-electron chi connectivity index (χ1n) is 5.08. The number of halogens is 3. The highest BCUT2D eigenvalue weighted by Crippen LogP contribution is 2.21. The summed E-state index contributed by atoms with van der Waals surface area (Å²) < 4.78 is 1.88. The molecular formula is C13H8BrClINO. The van der Waals surface area contributed by atoms with E-state index in [1.54, 1.807) is 12.1 Å². The van der Waals surface area contributed by atoms with E-state index in [4.69, 9.17) is 11.6 Å². The predicted octanol–water partition coefficient (Wildman–Crippen LogP) is 4.96. The van der Waals surface area contributed by atoms with E-state index in [0.717, 1.165) is 13.7 Å². The third-order valence-corrected chi connectivity index (χ3v) is 3.75. The summed E-state index contributed by atoms with van der Waals surface area (Å²) in [6, 6.07) is 12.8. The molecule has 0 heterocycles. The van der Waals surface area contributed by atoms with Crippen LogP contribution in [0.1, 0.15) is 10.4 Å². The largest absolute Gasteiger partial charge is 0.322 e. The molecule has 0 spiro atoms. The van der Waals surface area contributed by atoms with E-state index in [2.05, 4.69) is 43.8 Å². The lowest BCUT2D eigenvalue weighted by Crippen LogP contribution is -2.12. The fourth-order valence-electron chi connectivity index (χ4n) is 1.44. The molecule has 2 aromatic carbocycles. The Morgan fingerprint density at radius 2 is 2.00 bits per heavy atom. The number of amides is 1. The zero-order valence-electron chi connectivity index (χ0n) is 9.08. The average Bonchev–Trinajstić information content (AvgIpc) is 2.32. The van der Waals surface area contributed by atoms with Crippen molar-refractivity contribution in [1.29, 1.82) is 0 Å². The molecule has 2 aromatic rings. The van der Waals surface area contributed by atoms with Gasteiger partial charge in [0.25, 0.3) is 5.91 Å². The Hall–Kier alpha value is -0.590. The Bertz CT molecular complexity index is 603. The summed E-state index contributed by atoms with van der Waals surface area (Å²) in [5.74, 6) is -0.211. The molecule has 0 aromatic heterocycles. The number of carbonyl (C=O) groups excluding carboxylic acids is 1. The Labute approximate surface area is 132 Å². The quantitative estimate of drug-likeness (QED) is 0.663. The summed E-state index contributed by atoms with van der Waals surface area (Å²) in [5.41, 5.74) is 1.20. The Balaban J connectivity index is 2.24. The molecule has 0 bridgehead atoms. The van der Waals surface area contributed by atoms with Gasteiger partial charge >= 0.3 is 0 Å². The molecule has 1 N–H and O–H groups in total. The molecule has 0 radical (unpaired) electrons. The number of carbonyl (C=O) groups is 1. The standard InChI is InChI=1S/C13H8BrClINO/c14-8-2-1-3-10(6-8)17-13(18)11-7-9(16)4-5-12(11)15/h1-7H,(H,17,18). The molecule has 92 valence electrons. The fraction of sp³-hybridized carbons (Fsp3) is 0. The lowest BCUT2D eigenvalue weighted by Gasteiger charge is -2.07. The summed E-state index contributed by atoms with van der Waals surface area (Å²) in [6.45, 7) is 0. The van der Waals surface area contributed by atoms with Crippen LogP contribution in [-0.4, -0.2) is 5.91 Å². The van der Waals surface area contributed by atoms with Gasteiger partial charge in [0.1, 0.15) is 0 Å². The van der Waals surface area contributed by atoms with Gasteiger partial charge in [0.15, 0.2) is 0 Å². The van der Waals surface area contributed by atoms with Crippen LogP contribution >= 0.6 is 50.1 Å². The van der Waals surface area contributed by atoms with E-state index in [1.807, 2.05) is 30.3 Å². The molecule has 0 aliphatic rings. The number of benzene rings is 2. The van der Waals surface area contributed by atoms with E-state index >= 15 is 0 Å². The van der Waals surface area contributed by atoms with Crippen molar-refractivity contribution in [3.63, 3.8) is 0 Å². The minimum atomic E-state index is -0.211. The van der Waals surface area contributed by atoms with Gasteiger partial charge in [-0.3, -0.25) is 4.79 Å². The molecule has 0 saturated heterocycles. The fourth-order valence-corrected chi connectivity index (χ4v) is 2.53. The van der Waals surface area contributed by atoms with Gasteiger partial charge in [0.05, 0.1) is 10.6 Å². The summed E-state index contributed by atoms with van der Waals surface area (Å²) in [6.07, 6.45) is 0. The van der Waals surface area contributed by atoms with E-state index in [0.29, 0.717) is 10.6 Å². The smallest absolute Gasteiger partial charge is 0.257 e. The van der Waals surface area contributed by atoms with E-state index in [1.165, 1.54) is 0 Å². The lowest BCUT2D eigenvalue weighted by atomic mass is 10.2. The summed E-state index contributed by atoms with van der Waals surface area (Å²) in [4.78, 5) is 12.1. The van der Waals surface area contributed by atoms with Crippen LogP contribution in [0, 0.1) is 3.57 Å². The first-order chi connectivity index (χ1) is 8.56. The zero-order chi connectivity index (χ0) is 13.1. The lowest BCUT2D eigenvalue weighted by molar-refractivity contribution is 0.102. The Kier molecular flexibility index (Phi) is 4.64. The molecule has 0 atom stereocenters. The SMILES string of the molecule is O=C(Nc1cccc(Br)c1)c1cc(I)ccc1Cl. The van der Waals surface area contributed by atoms with Crippen molar-refractivity contribution < 1.29 is 4.79 Å². The molecule has 1 amide bonds. The van der Waals surface area contributed by atoms with Crippen molar-refractivity contribution in [2.75, 3.05) is 5.32 Å². The van der Waals surface area contributed by atoms with Gasteiger partial charge in [0.2, 0.25) is 0 Å². The maximum absolute atomic E-state index is 12.1. The van der Waals surface area contributed by atoms with E-state index < -0.39 is 0 Å². The Morgan fingerprint density at radius 3 is 2.72 bits per heavy atom. The van der Waals surface area contributed by atoms with Crippen LogP contribution in [0.2, 0.25) is 5.02 Å². The minimum absolute atomic E-state index is 0.211. The molecule has 2 nitrogen and oxygen atoms in total. The predicted molar refractivity (Wildman–Crippen MR) is 86.3 cm³/mol. The normalized spacial score (nSPS) is 10.2. The number of rotatable bonds is 2. The molecule has 0 saturated carbocycles. The Morgan fingerprint density at radius 1 is 1.22 bits per heavy atom. The van der Waals surface area contributed by atoms with E-state index in [9.17, 15) is 4.79 Å². The summed E-state index contributed by atoms with van der Waals surface area (Å²) in [5, 5.41) is 3.26. The second kappa shape index (κ2) is 6.04. The van der Waals surface area contributed by atoms with Crippen LogP contribution in [0.4, 0.5) is 5.69 Å². The van der Waals surface area contributed by atoms with Crippen molar-refractivity contribution in [1.82, 2.24) is 0 Å². The van der Waals surface area contributed by atoms with E-state index in [-0.39, 0.29) is 5.91 Å². The number of anilines is 1. The molecule has 5 heteroatoms. The maximum atomic E-state index is 12.1. The molecule has 0 fully saturated rings. The van der Waals surface area contributed by atoms with Crippen molar-refractivity contribution in [2.45, 2.75) is 0 Å². The third kappa shape index (κ3) is 3.46. The molecule has 2 rings (SSSR count). The van der Waals surface area contributed by atoms with Crippen LogP contribution in [-0.2, 0) is 0 Å². The third-order valence-electron chi connectivity index (χ3n) is 2.26. The summed E-state index contributed by atoms with van der Waals surface area (Å²) >= 11 is 11.5. The first-order valence-corrected chi connectivity index (χ1v) is 7.33. The van der Waals surface area contributed by atoms with Crippen LogP contribution < -0.4 is 5.32 Å². The molecule has 18 heavy (non-hydrogen) atoms. The van der Waals surface area contributed by atoms with Gasteiger partial charge in [-0.05, 0) is 59.0 Å². The first kappa shape index (κ1) is 13.8. The van der Waals surface area contributed by atoms with Gasteiger partial charge in [-0.1, -0.05) is 33.6 Å². The van der Waals surface area contributed by atoms with Crippen molar-refractivity contribution in [3.8, 4) is 0 Å². The second-order valence-corrected chi connectivity index (χ2v) is 6.16. The topological polar surface area (TPSA) is 29.1 Å². The number of hydrogen-bond donors (Lipinski definition) is 1. The second-order valence-electron chi connectivity index (χ2n) is 3.59. The number of hydrogen-bond acceptors (Lipinski definition) is 1. The molecule has 0 aliphatic carbocycles. The maximum Gasteiger partial charge on any atom is 0.257 e. The monoisotopic (exact) mass is 435 g/mol. The highest BCUT2D eigenvalue weighted by atomic mass is 127. The van der Waals surface area contributed by atoms with Crippen LogP contribution in [0.15, 0.2) is 46.9 Å². The zero-order valence-corrected chi connectivity index (χ0v) is 13.6. The average molecular weight is 436 g/mol. The molecule has 0 aliphatic heterocycles. The van der Waals surface area contributed by atoms with Crippen molar-refractivity contribution >= 4 is 61.7 Å². The van der Waals surface area contributed by atoms with Crippen LogP contribution in [0.3, 0.4) is 0 Å².